The molecule has 0 saturated carbocycles. The highest BCUT2D eigenvalue weighted by Gasteiger charge is 2.13. The molecule has 2 aromatic rings. The molecule has 0 spiro atoms. The first-order valence-corrected chi connectivity index (χ1v) is 7.44. The third-order valence-corrected chi connectivity index (χ3v) is 3.72. The van der Waals surface area contributed by atoms with Crippen LogP contribution in [-0.2, 0) is 13.2 Å². The second kappa shape index (κ2) is 7.68. The molecule has 1 N–H and O–H groups in total. The number of ether oxygens (including phenoxy) is 2. The van der Waals surface area contributed by atoms with Gasteiger partial charge < -0.3 is 14.6 Å². The quantitative estimate of drug-likeness (QED) is 0.831. The Hall–Kier alpha value is -1.49. The molecule has 0 heterocycles. The van der Waals surface area contributed by atoms with Crippen LogP contribution < -0.4 is 9.47 Å². The van der Waals surface area contributed by atoms with E-state index in [4.69, 9.17) is 32.7 Å². The smallest absolute Gasteiger partial charge is 0.163 e. The number of hydrogen-bond acceptors (Lipinski definition) is 3. The van der Waals surface area contributed by atoms with Crippen LogP contribution >= 0.6 is 23.2 Å². The molecule has 0 bridgehead atoms. The highest BCUT2D eigenvalue weighted by Crippen LogP contribution is 2.34. The van der Waals surface area contributed by atoms with Gasteiger partial charge in [-0.15, -0.1) is 0 Å². The van der Waals surface area contributed by atoms with Crippen LogP contribution in [0.25, 0.3) is 0 Å². The lowest BCUT2D eigenvalue weighted by atomic mass is 10.2. The van der Waals surface area contributed by atoms with Gasteiger partial charge in [0.05, 0.1) is 23.3 Å². The Morgan fingerprint density at radius 1 is 1.09 bits per heavy atom. The van der Waals surface area contributed by atoms with Crippen LogP contribution in [0.2, 0.25) is 10.0 Å². The molecule has 22 heavy (non-hydrogen) atoms. The minimum atomic E-state index is -0.441. The predicted molar refractivity (Wildman–Crippen MR) is 84.3 cm³/mol. The van der Waals surface area contributed by atoms with Crippen molar-refractivity contribution >= 4 is 23.2 Å². The Balaban J connectivity index is 2.27. The van der Waals surface area contributed by atoms with Crippen LogP contribution in [0.1, 0.15) is 18.1 Å². The van der Waals surface area contributed by atoms with E-state index < -0.39 is 5.82 Å². The van der Waals surface area contributed by atoms with Crippen molar-refractivity contribution in [3.8, 4) is 11.5 Å². The summed E-state index contributed by atoms with van der Waals surface area (Å²) in [6.45, 7) is 1.98. The first kappa shape index (κ1) is 16.9. The molecule has 0 fully saturated rings. The van der Waals surface area contributed by atoms with E-state index in [1.54, 1.807) is 12.1 Å². The average molecular weight is 345 g/mol. The van der Waals surface area contributed by atoms with Gasteiger partial charge in [-0.2, -0.15) is 0 Å². The van der Waals surface area contributed by atoms with E-state index in [1.165, 1.54) is 18.2 Å². The lowest BCUT2D eigenvalue weighted by Crippen LogP contribution is -2.03. The largest absolute Gasteiger partial charge is 0.490 e. The molecule has 0 aliphatic heterocycles. The number of aliphatic hydroxyl groups excluding tert-OH is 1. The molecule has 3 nitrogen and oxygen atoms in total. The van der Waals surface area contributed by atoms with Crippen LogP contribution in [-0.4, -0.2) is 11.7 Å². The van der Waals surface area contributed by atoms with Gasteiger partial charge in [-0.25, -0.2) is 4.39 Å². The minimum Gasteiger partial charge on any atom is -0.490 e. The molecule has 0 unspecified atom stereocenters. The van der Waals surface area contributed by atoms with Crippen LogP contribution in [0.15, 0.2) is 30.3 Å². The maximum Gasteiger partial charge on any atom is 0.163 e. The standard InChI is InChI=1S/C16H15Cl2FO3/c1-2-21-15-6-10(8-20)13(18)7-16(15)22-9-11-12(17)4-3-5-14(11)19/h3-7,20H,2,8-9H2,1H3. The summed E-state index contributed by atoms with van der Waals surface area (Å²) in [7, 11) is 0. The van der Waals surface area contributed by atoms with Crippen molar-refractivity contribution in [1.82, 2.24) is 0 Å². The lowest BCUT2D eigenvalue weighted by Gasteiger charge is -2.15. The van der Waals surface area contributed by atoms with E-state index in [0.717, 1.165) is 0 Å². The summed E-state index contributed by atoms with van der Waals surface area (Å²) in [6.07, 6.45) is 0. The van der Waals surface area contributed by atoms with E-state index in [1.807, 2.05) is 6.92 Å². The molecule has 0 aromatic heterocycles. The molecule has 0 saturated heterocycles. The molecule has 118 valence electrons. The Morgan fingerprint density at radius 3 is 2.45 bits per heavy atom. The fourth-order valence-corrected chi connectivity index (χ4v) is 2.33. The molecular weight excluding hydrogens is 330 g/mol. The fraction of sp³-hybridized carbons (Fsp3) is 0.250. The summed E-state index contributed by atoms with van der Waals surface area (Å²) in [5.41, 5.74) is 0.787. The summed E-state index contributed by atoms with van der Waals surface area (Å²) in [5.74, 6) is 0.357. The zero-order chi connectivity index (χ0) is 16.1. The molecule has 2 aromatic carbocycles. The zero-order valence-corrected chi connectivity index (χ0v) is 13.4. The maximum absolute atomic E-state index is 13.7. The predicted octanol–water partition coefficient (Wildman–Crippen LogP) is 4.60. The van der Waals surface area contributed by atoms with E-state index in [0.29, 0.717) is 28.7 Å². The normalized spacial score (nSPS) is 10.6. The molecule has 0 radical (unpaired) electrons. The molecule has 0 aliphatic rings. The van der Waals surface area contributed by atoms with Gasteiger partial charge in [0.2, 0.25) is 0 Å². The number of halogens is 3. The number of hydrogen-bond donors (Lipinski definition) is 1. The first-order chi connectivity index (χ1) is 10.6. The Bertz CT molecular complexity index is 642. The molecule has 6 heteroatoms. The van der Waals surface area contributed by atoms with Crippen molar-refractivity contribution in [3.05, 3.63) is 57.3 Å². The van der Waals surface area contributed by atoms with Crippen molar-refractivity contribution in [1.29, 1.82) is 0 Å². The molecule has 0 aliphatic carbocycles. The van der Waals surface area contributed by atoms with Crippen molar-refractivity contribution in [2.75, 3.05) is 6.61 Å². The van der Waals surface area contributed by atoms with Crippen LogP contribution in [0.3, 0.4) is 0 Å². The van der Waals surface area contributed by atoms with Crippen molar-refractivity contribution in [2.45, 2.75) is 20.1 Å². The topological polar surface area (TPSA) is 38.7 Å². The Kier molecular flexibility index (Phi) is 5.89. The van der Waals surface area contributed by atoms with E-state index >= 15 is 0 Å². The van der Waals surface area contributed by atoms with Gasteiger partial charge >= 0.3 is 0 Å². The molecule has 0 atom stereocenters. The summed E-state index contributed by atoms with van der Waals surface area (Å²) in [6, 6.07) is 7.57. The van der Waals surface area contributed by atoms with Gasteiger partial charge in [0.25, 0.3) is 0 Å². The third kappa shape index (κ3) is 3.83. The number of aliphatic hydroxyl groups is 1. The van der Waals surface area contributed by atoms with Gasteiger partial charge in [0.1, 0.15) is 12.4 Å². The second-order valence-corrected chi connectivity index (χ2v) is 5.28. The number of benzene rings is 2. The molecule has 2 rings (SSSR count). The van der Waals surface area contributed by atoms with Gasteiger partial charge in [0, 0.05) is 11.6 Å². The van der Waals surface area contributed by atoms with Crippen molar-refractivity contribution < 1.29 is 19.0 Å². The van der Waals surface area contributed by atoms with E-state index in [2.05, 4.69) is 0 Å². The highest BCUT2D eigenvalue weighted by atomic mass is 35.5. The second-order valence-electron chi connectivity index (χ2n) is 4.47. The lowest BCUT2D eigenvalue weighted by molar-refractivity contribution is 0.261. The SMILES string of the molecule is CCOc1cc(CO)c(Cl)cc1OCc1c(F)cccc1Cl. The van der Waals surface area contributed by atoms with Crippen LogP contribution in [0.5, 0.6) is 11.5 Å². The summed E-state index contributed by atoms with van der Waals surface area (Å²) in [5, 5.41) is 9.87. The Labute approximate surface area is 138 Å². The maximum atomic E-state index is 13.7. The van der Waals surface area contributed by atoms with Crippen molar-refractivity contribution in [2.24, 2.45) is 0 Å². The average Bonchev–Trinajstić information content (AvgIpc) is 2.49. The highest BCUT2D eigenvalue weighted by molar-refractivity contribution is 6.31. The minimum absolute atomic E-state index is 0.0552. The first-order valence-electron chi connectivity index (χ1n) is 6.68. The summed E-state index contributed by atoms with van der Waals surface area (Å²) < 4.78 is 24.8. The number of rotatable bonds is 6. The van der Waals surface area contributed by atoms with E-state index in [-0.39, 0.29) is 23.8 Å². The van der Waals surface area contributed by atoms with Crippen molar-refractivity contribution in [3.63, 3.8) is 0 Å². The van der Waals surface area contributed by atoms with Crippen LogP contribution in [0, 0.1) is 5.82 Å². The molecule has 0 amide bonds. The van der Waals surface area contributed by atoms with Gasteiger partial charge in [0.15, 0.2) is 11.5 Å². The third-order valence-electron chi connectivity index (χ3n) is 3.02. The molecular formula is C16H15Cl2FO3. The van der Waals surface area contributed by atoms with Gasteiger partial charge in [-0.1, -0.05) is 29.3 Å². The van der Waals surface area contributed by atoms with Gasteiger partial charge in [-0.05, 0) is 30.7 Å². The summed E-state index contributed by atoms with van der Waals surface area (Å²) in [4.78, 5) is 0. The van der Waals surface area contributed by atoms with E-state index in [9.17, 15) is 9.50 Å². The zero-order valence-electron chi connectivity index (χ0n) is 11.9. The summed E-state index contributed by atoms with van der Waals surface area (Å²) >= 11 is 12.0. The van der Waals surface area contributed by atoms with Crippen LogP contribution in [0.4, 0.5) is 4.39 Å². The monoisotopic (exact) mass is 344 g/mol. The Morgan fingerprint density at radius 2 is 1.82 bits per heavy atom. The fourth-order valence-electron chi connectivity index (χ4n) is 1.90. The van der Waals surface area contributed by atoms with Gasteiger partial charge in [-0.3, -0.25) is 0 Å².